The first-order chi connectivity index (χ1) is 13.1. The summed E-state index contributed by atoms with van der Waals surface area (Å²) in [6.45, 7) is 1.63. The maximum Gasteiger partial charge on any atom is 0.416 e. The van der Waals surface area contributed by atoms with Gasteiger partial charge in [0.25, 0.3) is 15.9 Å². The summed E-state index contributed by atoms with van der Waals surface area (Å²) < 4.78 is 66.1. The zero-order valence-electron chi connectivity index (χ0n) is 14.2. The number of nitrogens with zero attached hydrogens (tertiary/aromatic N) is 4. The summed E-state index contributed by atoms with van der Waals surface area (Å²) >= 11 is 0. The van der Waals surface area contributed by atoms with E-state index in [9.17, 15) is 26.4 Å². The van der Waals surface area contributed by atoms with Crippen LogP contribution in [0.5, 0.6) is 0 Å². The highest BCUT2D eigenvalue weighted by molar-refractivity contribution is 7.90. The molecular formula is C16H12F3N5O3S. The Kier molecular flexibility index (Phi) is 4.89. The lowest BCUT2D eigenvalue weighted by atomic mass is 10.2. The number of tetrazole rings is 1. The molecule has 0 bridgehead atoms. The fourth-order valence-electron chi connectivity index (χ4n) is 2.33. The summed E-state index contributed by atoms with van der Waals surface area (Å²) in [4.78, 5) is 11.7. The Labute approximate surface area is 157 Å². The molecule has 1 N–H and O–H groups in total. The third-order valence-corrected chi connectivity index (χ3v) is 5.01. The molecule has 2 aromatic carbocycles. The fraction of sp³-hybridized carbons (Fsp3) is 0.125. The van der Waals surface area contributed by atoms with Gasteiger partial charge in [0.1, 0.15) is 0 Å². The second-order valence-corrected chi connectivity index (χ2v) is 7.33. The van der Waals surface area contributed by atoms with Gasteiger partial charge in [-0.1, -0.05) is 12.1 Å². The molecule has 3 rings (SSSR count). The van der Waals surface area contributed by atoms with Crippen LogP contribution in [0.3, 0.4) is 0 Å². The number of hydrogen-bond donors (Lipinski definition) is 1. The predicted molar refractivity (Wildman–Crippen MR) is 90.0 cm³/mol. The molecule has 0 unspecified atom stereocenters. The number of benzene rings is 2. The molecule has 3 aromatic rings. The predicted octanol–water partition coefficient (Wildman–Crippen LogP) is 2.11. The molecule has 0 atom stereocenters. The van der Waals surface area contributed by atoms with Crippen molar-refractivity contribution in [3.05, 3.63) is 65.5 Å². The minimum absolute atomic E-state index is 0.0389. The lowest BCUT2D eigenvalue weighted by Gasteiger charge is -2.11. The Balaban J connectivity index is 1.88. The first kappa shape index (κ1) is 19.5. The summed E-state index contributed by atoms with van der Waals surface area (Å²) in [7, 11) is -4.51. The summed E-state index contributed by atoms with van der Waals surface area (Å²) in [6.07, 6.45) is -4.71. The highest BCUT2D eigenvalue weighted by Gasteiger charge is 2.32. The van der Waals surface area contributed by atoms with Crippen LogP contribution in [0, 0.1) is 6.92 Å². The van der Waals surface area contributed by atoms with Crippen LogP contribution < -0.4 is 4.72 Å². The average Bonchev–Trinajstić information content (AvgIpc) is 3.07. The molecule has 28 heavy (non-hydrogen) atoms. The van der Waals surface area contributed by atoms with E-state index in [0.717, 1.165) is 18.2 Å². The molecule has 0 aliphatic heterocycles. The van der Waals surface area contributed by atoms with Gasteiger partial charge in [-0.25, -0.2) is 13.1 Å². The number of carbonyl (C=O) groups excluding carboxylic acids is 1. The number of halogens is 3. The van der Waals surface area contributed by atoms with Crippen molar-refractivity contribution in [2.24, 2.45) is 0 Å². The number of carbonyl (C=O) groups is 1. The Morgan fingerprint density at radius 3 is 2.46 bits per heavy atom. The van der Waals surface area contributed by atoms with Gasteiger partial charge in [0.15, 0.2) is 5.82 Å². The molecule has 0 fully saturated rings. The number of nitrogens with one attached hydrogen (secondary N) is 1. The van der Waals surface area contributed by atoms with Gasteiger partial charge in [-0.05, 0) is 53.7 Å². The molecule has 0 spiro atoms. The highest BCUT2D eigenvalue weighted by Crippen LogP contribution is 2.30. The normalized spacial score (nSPS) is 12.0. The summed E-state index contributed by atoms with van der Waals surface area (Å²) in [5.74, 6) is -0.570. The first-order valence-corrected chi connectivity index (χ1v) is 9.16. The molecule has 12 heteroatoms. The highest BCUT2D eigenvalue weighted by atomic mass is 32.2. The maximum absolute atomic E-state index is 12.8. The van der Waals surface area contributed by atoms with Gasteiger partial charge in [-0.2, -0.15) is 17.9 Å². The van der Waals surface area contributed by atoms with E-state index in [2.05, 4.69) is 15.5 Å². The Bertz CT molecular complexity index is 1140. The monoisotopic (exact) mass is 411 g/mol. The van der Waals surface area contributed by atoms with E-state index in [-0.39, 0.29) is 5.56 Å². The van der Waals surface area contributed by atoms with Crippen molar-refractivity contribution in [1.82, 2.24) is 24.9 Å². The van der Waals surface area contributed by atoms with E-state index in [1.807, 2.05) is 0 Å². The number of aryl methyl sites for hydroxylation is 1. The van der Waals surface area contributed by atoms with Crippen molar-refractivity contribution in [2.75, 3.05) is 0 Å². The molecule has 8 nitrogen and oxygen atoms in total. The van der Waals surface area contributed by atoms with Crippen LogP contribution >= 0.6 is 0 Å². The van der Waals surface area contributed by atoms with E-state index in [0.29, 0.717) is 17.6 Å². The molecule has 1 heterocycles. The van der Waals surface area contributed by atoms with E-state index >= 15 is 0 Å². The zero-order valence-corrected chi connectivity index (χ0v) is 15.0. The van der Waals surface area contributed by atoms with Crippen LogP contribution in [-0.4, -0.2) is 34.5 Å². The minimum atomic E-state index is -4.71. The number of hydrogen-bond acceptors (Lipinski definition) is 6. The van der Waals surface area contributed by atoms with Crippen LogP contribution in [0.25, 0.3) is 5.69 Å². The van der Waals surface area contributed by atoms with Crippen molar-refractivity contribution in [2.45, 2.75) is 18.0 Å². The van der Waals surface area contributed by atoms with E-state index in [1.54, 1.807) is 17.7 Å². The lowest BCUT2D eigenvalue weighted by molar-refractivity contribution is -0.137. The third-order valence-electron chi connectivity index (χ3n) is 3.68. The van der Waals surface area contributed by atoms with Crippen LogP contribution in [0.1, 0.15) is 21.7 Å². The standard InChI is InChI=1S/C16H12F3N5O3S/c1-10-20-22-23-24(10)13-6-2-4-11(8-13)15(25)21-28(26,27)14-7-3-5-12(9-14)16(17,18)19/h2-9H,1H3,(H,21,25). The molecule has 0 saturated carbocycles. The Morgan fingerprint density at radius 1 is 1.11 bits per heavy atom. The minimum Gasteiger partial charge on any atom is -0.268 e. The third kappa shape index (κ3) is 4.01. The Hall–Kier alpha value is -3.28. The van der Waals surface area contributed by atoms with Gasteiger partial charge in [-0.15, -0.1) is 5.10 Å². The Morgan fingerprint density at radius 2 is 1.82 bits per heavy atom. The number of alkyl halides is 3. The topological polar surface area (TPSA) is 107 Å². The van der Waals surface area contributed by atoms with Gasteiger partial charge < -0.3 is 0 Å². The molecule has 146 valence electrons. The largest absolute Gasteiger partial charge is 0.416 e. The molecule has 0 radical (unpaired) electrons. The smallest absolute Gasteiger partial charge is 0.268 e. The van der Waals surface area contributed by atoms with Crippen LogP contribution in [0.2, 0.25) is 0 Å². The van der Waals surface area contributed by atoms with E-state index in [4.69, 9.17) is 0 Å². The average molecular weight is 411 g/mol. The first-order valence-electron chi connectivity index (χ1n) is 7.68. The molecule has 0 aliphatic carbocycles. The number of aromatic nitrogens is 4. The van der Waals surface area contributed by atoms with Crippen molar-refractivity contribution < 1.29 is 26.4 Å². The SMILES string of the molecule is Cc1nnnn1-c1cccc(C(=O)NS(=O)(=O)c2cccc(C(F)(F)F)c2)c1. The molecule has 1 aromatic heterocycles. The van der Waals surface area contributed by atoms with E-state index < -0.39 is 32.6 Å². The van der Waals surface area contributed by atoms with Crippen LogP contribution in [0.15, 0.2) is 53.4 Å². The lowest BCUT2D eigenvalue weighted by Crippen LogP contribution is -2.30. The quantitative estimate of drug-likeness (QED) is 0.705. The fourth-order valence-corrected chi connectivity index (χ4v) is 3.35. The van der Waals surface area contributed by atoms with Crippen molar-refractivity contribution in [1.29, 1.82) is 0 Å². The van der Waals surface area contributed by atoms with Crippen molar-refractivity contribution in [3.8, 4) is 5.69 Å². The van der Waals surface area contributed by atoms with E-state index in [1.165, 1.54) is 22.9 Å². The van der Waals surface area contributed by atoms with Gasteiger partial charge in [-0.3, -0.25) is 4.79 Å². The second-order valence-electron chi connectivity index (χ2n) is 5.65. The zero-order chi connectivity index (χ0) is 20.5. The van der Waals surface area contributed by atoms with Crippen LogP contribution in [-0.2, 0) is 16.2 Å². The second kappa shape index (κ2) is 7.03. The number of rotatable bonds is 4. The molecule has 0 saturated heterocycles. The van der Waals surface area contributed by atoms with Crippen molar-refractivity contribution in [3.63, 3.8) is 0 Å². The molecule has 1 amide bonds. The molecular weight excluding hydrogens is 399 g/mol. The number of amides is 1. The van der Waals surface area contributed by atoms with Gasteiger partial charge >= 0.3 is 6.18 Å². The number of sulfonamides is 1. The summed E-state index contributed by atoms with van der Waals surface area (Å²) in [5, 5.41) is 10.9. The maximum atomic E-state index is 12.8. The summed E-state index contributed by atoms with van der Waals surface area (Å²) in [5.41, 5.74) is -0.770. The van der Waals surface area contributed by atoms with Gasteiger partial charge in [0.05, 0.1) is 16.1 Å². The molecule has 0 aliphatic rings. The van der Waals surface area contributed by atoms with Gasteiger partial charge in [0.2, 0.25) is 0 Å². The van der Waals surface area contributed by atoms with Crippen molar-refractivity contribution >= 4 is 15.9 Å². The van der Waals surface area contributed by atoms with Gasteiger partial charge in [0, 0.05) is 5.56 Å². The van der Waals surface area contributed by atoms with Crippen LogP contribution in [0.4, 0.5) is 13.2 Å². The summed E-state index contributed by atoms with van der Waals surface area (Å²) in [6, 6.07) is 8.88.